The summed E-state index contributed by atoms with van der Waals surface area (Å²) in [5, 5.41) is 0. The summed E-state index contributed by atoms with van der Waals surface area (Å²) in [7, 11) is 0. The van der Waals surface area contributed by atoms with E-state index < -0.39 is 0 Å². The smallest absolute Gasteiger partial charge is 0.0169 e. The molecule has 0 rings (SSSR count). The molecule has 0 N–H and O–H groups in total. The van der Waals surface area contributed by atoms with Crippen molar-refractivity contribution in [1.82, 2.24) is 0 Å². The summed E-state index contributed by atoms with van der Waals surface area (Å²) in [6, 6.07) is 0. The van der Waals surface area contributed by atoms with Crippen LogP contribution in [0.1, 0.15) is 104 Å². The van der Waals surface area contributed by atoms with Crippen molar-refractivity contribution < 1.29 is 0 Å². The summed E-state index contributed by atoms with van der Waals surface area (Å²) in [6.45, 7) is 6.91. The van der Waals surface area contributed by atoms with Crippen LogP contribution in [0.15, 0.2) is 24.3 Å². The molecule has 0 heterocycles. The van der Waals surface area contributed by atoms with Gasteiger partial charge in [-0.2, -0.15) is 0 Å². The van der Waals surface area contributed by atoms with Crippen molar-refractivity contribution >= 4 is 0 Å². The molecule has 124 valence electrons. The molecule has 0 saturated carbocycles. The Kier molecular flexibility index (Phi) is 17.1. The lowest BCUT2D eigenvalue weighted by Gasteiger charge is -2.03. The van der Waals surface area contributed by atoms with Crippen LogP contribution in [0.5, 0.6) is 0 Å². The van der Waals surface area contributed by atoms with E-state index in [9.17, 15) is 0 Å². The molecule has 0 aliphatic carbocycles. The fourth-order valence-electron chi connectivity index (χ4n) is 2.54. The number of rotatable bonds is 15. The maximum atomic E-state index is 2.37. The van der Waals surface area contributed by atoms with Gasteiger partial charge in [0.2, 0.25) is 0 Å². The molecule has 0 aromatic heterocycles. The molecule has 0 spiro atoms. The average molecular weight is 293 g/mol. The minimum Gasteiger partial charge on any atom is -0.0882 e. The van der Waals surface area contributed by atoms with Gasteiger partial charge in [-0.25, -0.2) is 0 Å². The topological polar surface area (TPSA) is 0 Å². The fraction of sp³-hybridized carbons (Fsp3) is 0.810. The number of allylic oxidation sites excluding steroid dienone is 4. The van der Waals surface area contributed by atoms with E-state index in [1.54, 1.807) is 0 Å². The Morgan fingerprint density at radius 3 is 1.71 bits per heavy atom. The average Bonchev–Trinajstić information content (AvgIpc) is 2.46. The molecule has 0 aliphatic rings. The fourth-order valence-corrected chi connectivity index (χ4v) is 2.54. The van der Waals surface area contributed by atoms with Crippen LogP contribution in [0.4, 0.5) is 0 Å². The van der Waals surface area contributed by atoms with Crippen LogP contribution in [-0.4, -0.2) is 0 Å². The maximum absolute atomic E-state index is 2.37. The first kappa shape index (κ1) is 20.5. The van der Waals surface area contributed by atoms with Gasteiger partial charge in [0.1, 0.15) is 0 Å². The molecule has 0 aromatic carbocycles. The van der Waals surface area contributed by atoms with Crippen molar-refractivity contribution in [1.29, 1.82) is 0 Å². The van der Waals surface area contributed by atoms with Crippen LogP contribution in [0, 0.1) is 5.92 Å². The predicted octanol–water partition coefficient (Wildman–Crippen LogP) is 7.85. The third kappa shape index (κ3) is 19.5. The van der Waals surface area contributed by atoms with E-state index in [-0.39, 0.29) is 0 Å². The Morgan fingerprint density at radius 2 is 1.14 bits per heavy atom. The highest BCUT2D eigenvalue weighted by atomic mass is 14.0. The van der Waals surface area contributed by atoms with Crippen LogP contribution in [0.25, 0.3) is 0 Å². The van der Waals surface area contributed by atoms with Gasteiger partial charge < -0.3 is 0 Å². The lowest BCUT2D eigenvalue weighted by molar-refractivity contribution is 0.512. The molecule has 0 heteroatoms. The van der Waals surface area contributed by atoms with Gasteiger partial charge in [0.25, 0.3) is 0 Å². The second-order valence-corrected chi connectivity index (χ2v) is 6.77. The van der Waals surface area contributed by atoms with Crippen LogP contribution in [0.3, 0.4) is 0 Å². The third-order valence-corrected chi connectivity index (χ3v) is 3.98. The van der Waals surface area contributed by atoms with Crippen LogP contribution < -0.4 is 0 Å². The van der Waals surface area contributed by atoms with E-state index in [4.69, 9.17) is 0 Å². The Balaban J connectivity index is 3.15. The van der Waals surface area contributed by atoms with Crippen molar-refractivity contribution in [2.24, 2.45) is 5.92 Å². The van der Waals surface area contributed by atoms with Gasteiger partial charge in [-0.15, -0.1) is 0 Å². The molecule has 21 heavy (non-hydrogen) atoms. The van der Waals surface area contributed by atoms with Gasteiger partial charge in [-0.05, 0) is 38.0 Å². The van der Waals surface area contributed by atoms with Crippen molar-refractivity contribution in [3.05, 3.63) is 24.3 Å². The molecule has 0 nitrogen and oxygen atoms in total. The highest BCUT2D eigenvalue weighted by Crippen LogP contribution is 2.12. The lowest BCUT2D eigenvalue weighted by atomic mass is 10.0. The van der Waals surface area contributed by atoms with Gasteiger partial charge in [0, 0.05) is 0 Å². The molecular formula is C21H40. The van der Waals surface area contributed by atoms with Crippen molar-refractivity contribution in [3.8, 4) is 0 Å². The minimum absolute atomic E-state index is 0.885. The van der Waals surface area contributed by atoms with E-state index in [1.807, 2.05) is 0 Å². The van der Waals surface area contributed by atoms with Gasteiger partial charge in [-0.1, -0.05) is 96.4 Å². The highest BCUT2D eigenvalue weighted by molar-refractivity contribution is 4.92. The van der Waals surface area contributed by atoms with Gasteiger partial charge in [-0.3, -0.25) is 0 Å². The van der Waals surface area contributed by atoms with E-state index in [0.717, 1.165) is 12.3 Å². The molecule has 0 unspecified atom stereocenters. The quantitative estimate of drug-likeness (QED) is 0.213. The monoisotopic (exact) mass is 292 g/mol. The number of hydrogen-bond acceptors (Lipinski definition) is 0. The van der Waals surface area contributed by atoms with E-state index >= 15 is 0 Å². The second-order valence-electron chi connectivity index (χ2n) is 6.77. The van der Waals surface area contributed by atoms with Crippen LogP contribution in [-0.2, 0) is 0 Å². The zero-order chi connectivity index (χ0) is 15.6. The molecule has 0 bridgehead atoms. The minimum atomic E-state index is 0.885. The van der Waals surface area contributed by atoms with Crippen molar-refractivity contribution in [2.75, 3.05) is 0 Å². The molecule has 0 aliphatic heterocycles. The lowest BCUT2D eigenvalue weighted by Crippen LogP contribution is -1.87. The summed E-state index contributed by atoms with van der Waals surface area (Å²) in [6.07, 6.45) is 27.0. The largest absolute Gasteiger partial charge is 0.0882 e. The van der Waals surface area contributed by atoms with Crippen molar-refractivity contribution in [3.63, 3.8) is 0 Å². The summed E-state index contributed by atoms with van der Waals surface area (Å²) in [4.78, 5) is 0. The van der Waals surface area contributed by atoms with Gasteiger partial charge in [0.15, 0.2) is 0 Å². The Morgan fingerprint density at radius 1 is 0.619 bits per heavy atom. The Labute approximate surface area is 135 Å². The highest BCUT2D eigenvalue weighted by Gasteiger charge is 1.94. The Hall–Kier alpha value is -0.520. The number of hydrogen-bond donors (Lipinski definition) is 0. The third-order valence-electron chi connectivity index (χ3n) is 3.98. The molecule has 0 aromatic rings. The van der Waals surface area contributed by atoms with E-state index in [2.05, 4.69) is 45.1 Å². The van der Waals surface area contributed by atoms with Gasteiger partial charge >= 0.3 is 0 Å². The zero-order valence-corrected chi connectivity index (χ0v) is 15.1. The predicted molar refractivity (Wildman–Crippen MR) is 98.8 cm³/mol. The summed E-state index contributed by atoms with van der Waals surface area (Å²) in [5.74, 6) is 0.885. The zero-order valence-electron chi connectivity index (χ0n) is 15.1. The molecule has 0 amide bonds. The Bertz CT molecular complexity index is 234. The van der Waals surface area contributed by atoms with E-state index in [0.29, 0.717) is 0 Å². The molecule has 0 atom stereocenters. The SMILES string of the molecule is CCCCC/C=C\C/C=C\CCCCCCCCC(C)C. The molecule has 0 radical (unpaired) electrons. The second kappa shape index (κ2) is 17.5. The van der Waals surface area contributed by atoms with E-state index in [1.165, 1.54) is 77.0 Å². The first-order valence-electron chi connectivity index (χ1n) is 9.57. The molecular weight excluding hydrogens is 252 g/mol. The van der Waals surface area contributed by atoms with Crippen LogP contribution >= 0.6 is 0 Å². The number of unbranched alkanes of at least 4 members (excludes halogenated alkanes) is 9. The molecule has 0 saturated heterocycles. The van der Waals surface area contributed by atoms with Crippen molar-refractivity contribution in [2.45, 2.75) is 104 Å². The van der Waals surface area contributed by atoms with Gasteiger partial charge in [0.05, 0.1) is 0 Å². The first-order chi connectivity index (χ1) is 10.3. The molecule has 0 fully saturated rings. The summed E-state index contributed by atoms with van der Waals surface area (Å²) in [5.41, 5.74) is 0. The van der Waals surface area contributed by atoms with Crippen LogP contribution in [0.2, 0.25) is 0 Å². The first-order valence-corrected chi connectivity index (χ1v) is 9.57. The normalized spacial score (nSPS) is 12.2. The standard InChI is InChI=1S/C21H40/c1-4-5-6-7-8-9-10-11-12-13-14-15-16-17-18-19-20-21(2)3/h8-9,11-12,21H,4-7,10,13-20H2,1-3H3/b9-8-,12-11-. The summed E-state index contributed by atoms with van der Waals surface area (Å²) >= 11 is 0. The maximum Gasteiger partial charge on any atom is -0.0169 e. The summed E-state index contributed by atoms with van der Waals surface area (Å²) < 4.78 is 0.